The number of aliphatic hydroxyl groups is 1. The zero-order chi connectivity index (χ0) is 15.9. The fraction of sp³-hybridized carbons (Fsp3) is 0.133. The van der Waals surface area contributed by atoms with Crippen molar-refractivity contribution in [2.75, 3.05) is 0 Å². The smallest absolute Gasteiger partial charge is 0.269 e. The third-order valence-electron chi connectivity index (χ3n) is 3.34. The van der Waals surface area contributed by atoms with Crippen LogP contribution in [0.5, 0.6) is 0 Å². The quantitative estimate of drug-likeness (QED) is 0.757. The van der Waals surface area contributed by atoms with Crippen LogP contribution in [0.25, 0.3) is 11.0 Å². The maximum absolute atomic E-state index is 12.9. The Labute approximate surface area is 136 Å². The summed E-state index contributed by atoms with van der Waals surface area (Å²) in [5.74, 6) is 0. The topological polar surface area (TPSA) is 72.2 Å². The number of nitrogens with zero attached hydrogens (tertiary/aromatic N) is 2. The van der Waals surface area contributed by atoms with E-state index in [0.29, 0.717) is 5.39 Å². The van der Waals surface area contributed by atoms with E-state index in [1.807, 2.05) is 0 Å². The molecule has 1 atom stereocenters. The number of hydrogen-bond donors (Lipinski definition) is 1. The fourth-order valence-electron chi connectivity index (χ4n) is 2.30. The molecule has 114 valence electrons. The second-order valence-corrected chi connectivity index (χ2v) is 7.50. The molecule has 7 heteroatoms. The third-order valence-corrected chi connectivity index (χ3v) is 5.77. The molecule has 2 heterocycles. The van der Waals surface area contributed by atoms with Crippen molar-refractivity contribution in [3.63, 3.8) is 0 Å². The molecule has 0 saturated heterocycles. The average molecular weight is 381 g/mol. The molecule has 0 saturated carbocycles. The Kier molecular flexibility index (Phi) is 3.80. The zero-order valence-electron chi connectivity index (χ0n) is 11.6. The van der Waals surface area contributed by atoms with E-state index in [-0.39, 0.29) is 16.2 Å². The second kappa shape index (κ2) is 5.49. The number of aliphatic hydroxyl groups excluding tert-OH is 1. The van der Waals surface area contributed by atoms with Crippen LogP contribution in [0, 0.1) is 0 Å². The Balaban J connectivity index is 2.40. The predicted molar refractivity (Wildman–Crippen MR) is 87.1 cm³/mol. The van der Waals surface area contributed by atoms with E-state index in [4.69, 9.17) is 0 Å². The predicted octanol–water partition coefficient (Wildman–Crippen LogP) is 3.09. The summed E-state index contributed by atoms with van der Waals surface area (Å²) >= 11 is 3.39. The molecule has 0 spiro atoms. The van der Waals surface area contributed by atoms with Gasteiger partial charge < -0.3 is 5.11 Å². The van der Waals surface area contributed by atoms with E-state index in [2.05, 4.69) is 20.9 Å². The summed E-state index contributed by atoms with van der Waals surface area (Å²) in [6.45, 7) is 1.53. The second-order valence-electron chi connectivity index (χ2n) is 4.86. The van der Waals surface area contributed by atoms with Gasteiger partial charge in [-0.05, 0) is 47.1 Å². The van der Waals surface area contributed by atoms with Crippen molar-refractivity contribution in [2.45, 2.75) is 17.9 Å². The van der Waals surface area contributed by atoms with E-state index in [1.165, 1.54) is 25.3 Å². The normalized spacial score (nSPS) is 13.4. The van der Waals surface area contributed by atoms with Crippen LogP contribution in [0.2, 0.25) is 0 Å². The molecule has 22 heavy (non-hydrogen) atoms. The maximum atomic E-state index is 12.9. The van der Waals surface area contributed by atoms with Crippen molar-refractivity contribution < 1.29 is 13.5 Å². The van der Waals surface area contributed by atoms with Crippen molar-refractivity contribution >= 4 is 37.0 Å². The molecule has 3 rings (SSSR count). The Morgan fingerprint density at radius 2 is 1.91 bits per heavy atom. The third kappa shape index (κ3) is 2.35. The van der Waals surface area contributed by atoms with Crippen molar-refractivity contribution in [1.29, 1.82) is 0 Å². The Bertz CT molecular complexity index is 934. The van der Waals surface area contributed by atoms with Gasteiger partial charge in [0.15, 0.2) is 5.65 Å². The monoisotopic (exact) mass is 380 g/mol. The van der Waals surface area contributed by atoms with Gasteiger partial charge in [0, 0.05) is 16.1 Å². The minimum atomic E-state index is -3.84. The maximum Gasteiger partial charge on any atom is 0.269 e. The van der Waals surface area contributed by atoms with Crippen molar-refractivity contribution in [3.8, 4) is 0 Å². The van der Waals surface area contributed by atoms with Gasteiger partial charge in [-0.1, -0.05) is 18.2 Å². The molecule has 1 unspecified atom stereocenters. The number of aromatic nitrogens is 2. The molecular formula is C15H13BrN2O3S. The van der Waals surface area contributed by atoms with Crippen LogP contribution in [-0.2, 0) is 10.0 Å². The number of rotatable bonds is 3. The lowest BCUT2D eigenvalue weighted by atomic mass is 10.2. The SMILES string of the molecule is CC(O)c1cc2c(Br)ccnc2n1S(=O)(=O)c1ccccc1. The minimum Gasteiger partial charge on any atom is -0.387 e. The summed E-state index contributed by atoms with van der Waals surface area (Å²) in [5, 5.41) is 10.6. The highest BCUT2D eigenvalue weighted by atomic mass is 79.9. The van der Waals surface area contributed by atoms with Crippen LogP contribution in [-0.4, -0.2) is 22.5 Å². The van der Waals surface area contributed by atoms with E-state index >= 15 is 0 Å². The number of halogens is 1. The molecule has 0 fully saturated rings. The molecule has 0 radical (unpaired) electrons. The summed E-state index contributed by atoms with van der Waals surface area (Å²) in [6.07, 6.45) is 0.578. The first-order valence-electron chi connectivity index (χ1n) is 6.57. The Hall–Kier alpha value is -1.70. The Morgan fingerprint density at radius 3 is 2.55 bits per heavy atom. The number of benzene rings is 1. The first-order valence-corrected chi connectivity index (χ1v) is 8.81. The van der Waals surface area contributed by atoms with E-state index < -0.39 is 16.1 Å². The summed E-state index contributed by atoms with van der Waals surface area (Å²) in [6, 6.07) is 11.5. The minimum absolute atomic E-state index is 0.149. The number of fused-ring (bicyclic) bond motifs is 1. The summed E-state index contributed by atoms with van der Waals surface area (Å²) < 4.78 is 27.7. The van der Waals surface area contributed by atoms with Gasteiger partial charge in [0.05, 0.1) is 16.7 Å². The average Bonchev–Trinajstić information content (AvgIpc) is 2.90. The number of hydrogen-bond acceptors (Lipinski definition) is 4. The van der Waals surface area contributed by atoms with E-state index in [9.17, 15) is 13.5 Å². The molecule has 0 aliphatic rings. The largest absolute Gasteiger partial charge is 0.387 e. The Morgan fingerprint density at radius 1 is 1.23 bits per heavy atom. The molecule has 5 nitrogen and oxygen atoms in total. The highest BCUT2D eigenvalue weighted by Gasteiger charge is 2.26. The molecule has 1 N–H and O–H groups in total. The first-order chi connectivity index (χ1) is 10.4. The van der Waals surface area contributed by atoms with Crippen LogP contribution >= 0.6 is 15.9 Å². The highest BCUT2D eigenvalue weighted by Crippen LogP contribution is 2.31. The molecule has 0 amide bonds. The molecule has 2 aromatic heterocycles. The van der Waals surface area contributed by atoms with Crippen LogP contribution in [0.1, 0.15) is 18.7 Å². The van der Waals surface area contributed by atoms with Gasteiger partial charge in [-0.25, -0.2) is 17.4 Å². The summed E-state index contributed by atoms with van der Waals surface area (Å²) in [4.78, 5) is 4.33. The van der Waals surface area contributed by atoms with Crippen LogP contribution in [0.3, 0.4) is 0 Å². The molecule has 1 aromatic carbocycles. The van der Waals surface area contributed by atoms with Crippen LogP contribution in [0.4, 0.5) is 0 Å². The molecule has 3 aromatic rings. The van der Waals surface area contributed by atoms with Gasteiger partial charge in [0.2, 0.25) is 0 Å². The number of pyridine rings is 1. The molecule has 0 aliphatic heterocycles. The molecule has 0 aliphatic carbocycles. The van der Waals surface area contributed by atoms with Gasteiger partial charge >= 0.3 is 0 Å². The summed E-state index contributed by atoms with van der Waals surface area (Å²) in [5.41, 5.74) is 0.562. The molecular weight excluding hydrogens is 368 g/mol. The van der Waals surface area contributed by atoms with Gasteiger partial charge in [-0.15, -0.1) is 0 Å². The van der Waals surface area contributed by atoms with Crippen LogP contribution < -0.4 is 0 Å². The summed E-state index contributed by atoms with van der Waals surface area (Å²) in [7, 11) is -3.84. The first kappa shape index (κ1) is 15.2. The van der Waals surface area contributed by atoms with Gasteiger partial charge in [0.1, 0.15) is 0 Å². The lowest BCUT2D eigenvalue weighted by Crippen LogP contribution is -2.17. The van der Waals surface area contributed by atoms with Crippen LogP contribution in [0.15, 0.2) is 58.0 Å². The van der Waals surface area contributed by atoms with Crippen molar-refractivity contribution in [3.05, 3.63) is 58.8 Å². The van der Waals surface area contributed by atoms with E-state index in [1.54, 1.807) is 30.3 Å². The van der Waals surface area contributed by atoms with Gasteiger partial charge in [0.25, 0.3) is 10.0 Å². The van der Waals surface area contributed by atoms with Crippen molar-refractivity contribution in [1.82, 2.24) is 8.96 Å². The van der Waals surface area contributed by atoms with Gasteiger partial charge in [-0.3, -0.25) is 0 Å². The van der Waals surface area contributed by atoms with Gasteiger partial charge in [-0.2, -0.15) is 0 Å². The standard InChI is InChI=1S/C15H13BrN2O3S/c1-10(19)14-9-12-13(16)7-8-17-15(12)18(14)22(20,21)11-5-3-2-4-6-11/h2-10,19H,1H3. The zero-order valence-corrected chi connectivity index (χ0v) is 14.0. The lowest BCUT2D eigenvalue weighted by molar-refractivity contribution is 0.193. The lowest BCUT2D eigenvalue weighted by Gasteiger charge is -2.12. The van der Waals surface area contributed by atoms with Crippen molar-refractivity contribution in [2.24, 2.45) is 0 Å². The van der Waals surface area contributed by atoms with E-state index in [0.717, 1.165) is 8.45 Å². The highest BCUT2D eigenvalue weighted by molar-refractivity contribution is 9.10. The molecule has 0 bridgehead atoms. The fourth-order valence-corrected chi connectivity index (χ4v) is 4.28.